The zero-order valence-corrected chi connectivity index (χ0v) is 34.3. The predicted molar refractivity (Wildman–Crippen MR) is 222 cm³/mol. The van der Waals surface area contributed by atoms with Gasteiger partial charge in [0, 0.05) is 93.3 Å². The molecule has 4 heterocycles. The van der Waals surface area contributed by atoms with Crippen LogP contribution < -0.4 is 20.4 Å². The fourth-order valence-corrected chi connectivity index (χ4v) is 10.2. The molecule has 3 aliphatic heterocycles. The Bertz CT molecular complexity index is 2370. The van der Waals surface area contributed by atoms with E-state index in [-0.39, 0.29) is 42.2 Å². The zero-order chi connectivity index (χ0) is 42.6. The van der Waals surface area contributed by atoms with E-state index >= 15 is 0 Å². The number of hydrogen-bond acceptors (Lipinski definition) is 8. The molecule has 0 unspecified atom stereocenters. The van der Waals surface area contributed by atoms with Crippen molar-refractivity contribution in [2.75, 3.05) is 62.2 Å². The molecule has 2 aliphatic carbocycles. The molecule has 3 saturated heterocycles. The van der Waals surface area contributed by atoms with Crippen LogP contribution in [-0.2, 0) is 4.79 Å². The van der Waals surface area contributed by atoms with Gasteiger partial charge in [0.05, 0.1) is 17.1 Å². The van der Waals surface area contributed by atoms with Crippen molar-refractivity contribution < 1.29 is 37.5 Å². The zero-order valence-electron chi connectivity index (χ0n) is 34.3. The number of piperidine rings is 1. The number of halogens is 3. The fraction of sp³-hybridized carbons (Fsp3) is 0.489. The Hall–Kier alpha value is -5.64. The Morgan fingerprint density at radius 2 is 1.62 bits per heavy atom. The number of fused-ring (bicyclic) bond motifs is 1. The number of likely N-dealkylation sites (tertiary alicyclic amines) is 1. The fourth-order valence-electron chi connectivity index (χ4n) is 10.2. The summed E-state index contributed by atoms with van der Waals surface area (Å²) in [5.41, 5.74) is 3.73. The molecule has 3 N–H and O–H groups in total. The van der Waals surface area contributed by atoms with Gasteiger partial charge >= 0.3 is 6.03 Å². The highest BCUT2D eigenvalue weighted by Crippen LogP contribution is 2.51. The predicted octanol–water partition coefficient (Wildman–Crippen LogP) is 6.28. The summed E-state index contributed by atoms with van der Waals surface area (Å²) in [5, 5.41) is 20.3. The van der Waals surface area contributed by atoms with Gasteiger partial charge in [-0.25, -0.2) is 13.6 Å². The van der Waals surface area contributed by atoms with E-state index in [2.05, 4.69) is 44.8 Å². The second kappa shape index (κ2) is 16.3. The lowest BCUT2D eigenvalue weighted by Crippen LogP contribution is -2.59. The molecule has 2 saturated carbocycles. The number of nitrogens with zero attached hydrogens (tertiary/aromatic N) is 6. The SMILES string of the molecule is Cc1ccc(C(=O)N2CCC3(CC2)CC(N2CCN(c4ccc5cn(C6CCC(CNC(=O)c7cc(F)c(O)c(F)c7F)CC6)nc5c4)CC2)C3)cc1N1CCC(=O)NC1=O. The highest BCUT2D eigenvalue weighted by molar-refractivity contribution is 6.06. The van der Waals surface area contributed by atoms with Crippen LogP contribution in [0.3, 0.4) is 0 Å². The van der Waals surface area contributed by atoms with Crippen molar-refractivity contribution in [3.8, 4) is 5.75 Å². The van der Waals surface area contributed by atoms with Crippen LogP contribution in [0.5, 0.6) is 5.75 Å². The van der Waals surface area contributed by atoms with E-state index in [4.69, 9.17) is 5.10 Å². The largest absolute Gasteiger partial charge is 0.503 e. The van der Waals surface area contributed by atoms with Crippen LogP contribution in [0, 0.1) is 35.7 Å². The van der Waals surface area contributed by atoms with Crippen LogP contribution in [0.15, 0.2) is 48.7 Å². The summed E-state index contributed by atoms with van der Waals surface area (Å²) in [4.78, 5) is 58.8. The average Bonchev–Trinajstić information content (AvgIpc) is 3.69. The summed E-state index contributed by atoms with van der Waals surface area (Å²) >= 11 is 0. The van der Waals surface area contributed by atoms with E-state index in [0.717, 1.165) is 107 Å². The van der Waals surface area contributed by atoms with Gasteiger partial charge in [0.2, 0.25) is 11.7 Å². The van der Waals surface area contributed by atoms with Crippen molar-refractivity contribution >= 4 is 46.0 Å². The van der Waals surface area contributed by atoms with E-state index in [1.807, 2.05) is 28.6 Å². The third-order valence-corrected chi connectivity index (χ3v) is 14.1. The monoisotopic (exact) mass is 840 g/mol. The highest BCUT2D eigenvalue weighted by Gasteiger charge is 2.48. The Labute approximate surface area is 351 Å². The van der Waals surface area contributed by atoms with E-state index in [1.165, 1.54) is 5.69 Å². The lowest BCUT2D eigenvalue weighted by molar-refractivity contribution is -0.120. The molecule has 5 aliphatic rings. The number of phenolic OH excluding ortho intramolecular Hbond substituents is 1. The molecule has 0 radical (unpaired) electrons. The number of benzene rings is 3. The maximum Gasteiger partial charge on any atom is 0.328 e. The molecule has 16 heteroatoms. The minimum absolute atomic E-state index is 0.0147. The van der Waals surface area contributed by atoms with Crippen molar-refractivity contribution in [3.05, 3.63) is 82.8 Å². The number of aromatic nitrogens is 2. The van der Waals surface area contributed by atoms with Gasteiger partial charge in [-0.2, -0.15) is 9.49 Å². The van der Waals surface area contributed by atoms with Crippen molar-refractivity contribution in [1.29, 1.82) is 0 Å². The Morgan fingerprint density at radius 3 is 2.34 bits per heavy atom. The highest BCUT2D eigenvalue weighted by atomic mass is 19.2. The van der Waals surface area contributed by atoms with Gasteiger partial charge in [-0.1, -0.05) is 6.07 Å². The maximum absolute atomic E-state index is 14.2. The summed E-state index contributed by atoms with van der Waals surface area (Å²) in [6.07, 6.45) is 9.94. The third-order valence-electron chi connectivity index (χ3n) is 14.1. The standard InChI is InChI=1S/C45H51F3N8O5/c1-27-2-5-29(20-37(27)55-13-10-38(57)50-44(55)61)43(60)54-14-11-45(12-15-54)23-33(24-45)53-18-16-52(17-19-53)32-9-6-30-26-56(51-36(30)21-32)31-7-3-28(4-8-31)25-49-42(59)34-22-35(46)41(58)40(48)39(34)47/h2,5-6,9,20-22,26,28,31,33,58H,3-4,7-8,10-19,23-25H2,1H3,(H,49,59)(H,50,57,61). The number of anilines is 2. The van der Waals surface area contributed by atoms with Crippen molar-refractivity contribution in [3.63, 3.8) is 0 Å². The lowest BCUT2D eigenvalue weighted by Gasteiger charge is -2.56. The number of carbonyl (C=O) groups is 4. The molecular formula is C45H51F3N8O5. The van der Waals surface area contributed by atoms with Gasteiger partial charge in [-0.3, -0.25) is 34.2 Å². The Balaban J connectivity index is 0.720. The molecule has 9 rings (SSSR count). The van der Waals surface area contributed by atoms with Gasteiger partial charge in [0.25, 0.3) is 11.8 Å². The summed E-state index contributed by atoms with van der Waals surface area (Å²) < 4.78 is 43.7. The smallest absolute Gasteiger partial charge is 0.328 e. The van der Waals surface area contributed by atoms with Crippen LogP contribution >= 0.6 is 0 Å². The third kappa shape index (κ3) is 8.02. The molecule has 61 heavy (non-hydrogen) atoms. The molecule has 5 amide bonds. The minimum atomic E-state index is -1.78. The minimum Gasteiger partial charge on any atom is -0.503 e. The van der Waals surface area contributed by atoms with E-state index < -0.39 is 40.7 Å². The second-order valence-electron chi connectivity index (χ2n) is 17.8. The van der Waals surface area contributed by atoms with E-state index in [1.54, 1.807) is 11.0 Å². The molecule has 0 atom stereocenters. The first-order chi connectivity index (χ1) is 29.3. The number of carbonyl (C=O) groups excluding carboxylic acids is 4. The van der Waals surface area contributed by atoms with Crippen molar-refractivity contribution in [2.45, 2.75) is 76.8 Å². The molecule has 1 spiro atoms. The topological polar surface area (TPSA) is 143 Å². The first-order valence-corrected chi connectivity index (χ1v) is 21.5. The molecule has 3 aromatic carbocycles. The summed E-state index contributed by atoms with van der Waals surface area (Å²) in [7, 11) is 0. The molecule has 0 bridgehead atoms. The number of nitrogens with one attached hydrogen (secondary N) is 2. The van der Waals surface area contributed by atoms with Gasteiger partial charge < -0.3 is 20.2 Å². The van der Waals surface area contributed by atoms with Crippen molar-refractivity contribution in [1.82, 2.24) is 30.2 Å². The number of amides is 5. The number of rotatable bonds is 8. The van der Waals surface area contributed by atoms with Crippen LogP contribution in [0.1, 0.15) is 90.1 Å². The molecule has 1 aromatic heterocycles. The molecule has 4 aromatic rings. The van der Waals surface area contributed by atoms with Crippen LogP contribution in [-0.4, -0.2) is 107 Å². The van der Waals surface area contributed by atoms with E-state index in [0.29, 0.717) is 29.9 Å². The van der Waals surface area contributed by atoms with Gasteiger partial charge in [0.1, 0.15) is 0 Å². The number of urea groups is 1. The number of imide groups is 1. The van der Waals surface area contributed by atoms with Gasteiger partial charge in [-0.05, 0) is 112 Å². The number of hydrogen-bond donors (Lipinski definition) is 3. The van der Waals surface area contributed by atoms with E-state index in [9.17, 15) is 37.5 Å². The lowest BCUT2D eigenvalue weighted by atomic mass is 9.60. The van der Waals surface area contributed by atoms with Gasteiger partial charge in [0.15, 0.2) is 17.4 Å². The summed E-state index contributed by atoms with van der Waals surface area (Å²) in [6.45, 7) is 7.77. The van der Waals surface area contributed by atoms with Crippen LogP contribution in [0.4, 0.5) is 29.3 Å². The molecule has 13 nitrogen and oxygen atoms in total. The van der Waals surface area contributed by atoms with Crippen molar-refractivity contribution in [2.24, 2.45) is 11.3 Å². The summed E-state index contributed by atoms with van der Waals surface area (Å²) in [5.74, 6) is -7.27. The van der Waals surface area contributed by atoms with Crippen LogP contribution in [0.25, 0.3) is 10.9 Å². The second-order valence-corrected chi connectivity index (χ2v) is 17.8. The molecular weight excluding hydrogens is 790 g/mol. The van der Waals surface area contributed by atoms with Gasteiger partial charge in [-0.15, -0.1) is 0 Å². The quantitative estimate of drug-likeness (QED) is 0.176. The molecule has 322 valence electrons. The molecule has 5 fully saturated rings. The first-order valence-electron chi connectivity index (χ1n) is 21.5. The first kappa shape index (κ1) is 40.7. The number of aromatic hydroxyl groups is 1. The number of aryl methyl sites for hydroxylation is 1. The maximum atomic E-state index is 14.2. The Morgan fingerprint density at radius 1 is 0.885 bits per heavy atom. The summed E-state index contributed by atoms with van der Waals surface area (Å²) in [6, 6.07) is 12.8. The number of piperazine rings is 1. The van der Waals surface area contributed by atoms with Crippen LogP contribution in [0.2, 0.25) is 0 Å². The average molecular weight is 841 g/mol. The number of phenols is 1. The normalized spacial score (nSPS) is 22.4. The Kier molecular flexibility index (Phi) is 10.9.